The Morgan fingerprint density at radius 3 is 2.64 bits per heavy atom. The number of benzene rings is 1. The Hall–Kier alpha value is -2.57. The van der Waals surface area contributed by atoms with Crippen LogP contribution < -0.4 is 10.6 Å². The molecule has 0 atom stereocenters. The molecule has 0 unspecified atom stereocenters. The Morgan fingerprint density at radius 2 is 1.88 bits per heavy atom. The molecule has 3 rings (SSSR count). The van der Waals surface area contributed by atoms with Crippen molar-refractivity contribution in [3.05, 3.63) is 58.3 Å². The SMILES string of the molecule is O=C(NCCc1c[nH]c2ccc(Cl)cc12)C(=O)Nc1ccc(Cl)cn1. The highest BCUT2D eigenvalue weighted by atomic mass is 35.5. The molecule has 3 N–H and O–H groups in total. The number of hydrogen-bond acceptors (Lipinski definition) is 3. The van der Waals surface area contributed by atoms with E-state index in [2.05, 4.69) is 20.6 Å². The number of carbonyl (C=O) groups excluding carboxylic acids is 2. The number of fused-ring (bicyclic) bond motifs is 1. The molecule has 0 bridgehead atoms. The van der Waals surface area contributed by atoms with Crippen molar-refractivity contribution in [3.63, 3.8) is 0 Å². The molecule has 128 valence electrons. The first kappa shape index (κ1) is 17.3. The standard InChI is InChI=1S/C17H14Cl2N4O2/c18-11-1-3-14-13(7-11)10(8-21-14)5-6-20-16(24)17(25)23-15-4-2-12(19)9-22-15/h1-4,7-9,21H,5-6H2,(H,20,24)(H,22,23,25). The van der Waals surface area contributed by atoms with Gasteiger partial charge in [0.05, 0.1) is 5.02 Å². The number of nitrogens with one attached hydrogen (secondary N) is 3. The van der Waals surface area contributed by atoms with Gasteiger partial charge in [-0.1, -0.05) is 23.2 Å². The zero-order valence-electron chi connectivity index (χ0n) is 13.0. The highest BCUT2D eigenvalue weighted by Gasteiger charge is 2.14. The molecule has 6 nitrogen and oxygen atoms in total. The summed E-state index contributed by atoms with van der Waals surface area (Å²) in [6, 6.07) is 8.66. The summed E-state index contributed by atoms with van der Waals surface area (Å²) in [5, 5.41) is 7.07. The van der Waals surface area contributed by atoms with Gasteiger partial charge >= 0.3 is 11.8 Å². The molecule has 8 heteroatoms. The fraction of sp³-hybridized carbons (Fsp3) is 0.118. The van der Waals surface area contributed by atoms with Crippen LogP contribution in [0.4, 0.5) is 5.82 Å². The molecule has 0 aliphatic rings. The lowest BCUT2D eigenvalue weighted by molar-refractivity contribution is -0.136. The van der Waals surface area contributed by atoms with Crippen LogP contribution in [-0.2, 0) is 16.0 Å². The highest BCUT2D eigenvalue weighted by molar-refractivity contribution is 6.39. The first-order valence-electron chi connectivity index (χ1n) is 7.49. The smallest absolute Gasteiger partial charge is 0.314 e. The Balaban J connectivity index is 1.54. The second-order valence-electron chi connectivity index (χ2n) is 5.33. The van der Waals surface area contributed by atoms with E-state index in [0.717, 1.165) is 16.5 Å². The molecule has 0 saturated heterocycles. The van der Waals surface area contributed by atoms with Gasteiger partial charge in [0.15, 0.2) is 0 Å². The van der Waals surface area contributed by atoms with Gasteiger partial charge in [0.1, 0.15) is 5.82 Å². The molecule has 0 saturated carbocycles. The lowest BCUT2D eigenvalue weighted by Crippen LogP contribution is -2.36. The number of aromatic amines is 1. The van der Waals surface area contributed by atoms with Gasteiger partial charge in [-0.3, -0.25) is 9.59 Å². The van der Waals surface area contributed by atoms with Gasteiger partial charge in [0, 0.05) is 34.9 Å². The van der Waals surface area contributed by atoms with Crippen molar-refractivity contribution in [1.29, 1.82) is 0 Å². The molecule has 0 fully saturated rings. The van der Waals surface area contributed by atoms with Crippen LogP contribution in [0.15, 0.2) is 42.7 Å². The maximum atomic E-state index is 11.9. The number of H-pyrrole nitrogens is 1. The van der Waals surface area contributed by atoms with Crippen LogP contribution in [0.3, 0.4) is 0 Å². The van der Waals surface area contributed by atoms with Gasteiger partial charge in [0.2, 0.25) is 0 Å². The van der Waals surface area contributed by atoms with E-state index in [0.29, 0.717) is 23.0 Å². The van der Waals surface area contributed by atoms with Crippen LogP contribution in [-0.4, -0.2) is 28.3 Å². The molecule has 25 heavy (non-hydrogen) atoms. The maximum Gasteiger partial charge on any atom is 0.314 e. The predicted molar refractivity (Wildman–Crippen MR) is 97.9 cm³/mol. The van der Waals surface area contributed by atoms with Gasteiger partial charge in [0.25, 0.3) is 0 Å². The van der Waals surface area contributed by atoms with Crippen molar-refractivity contribution in [3.8, 4) is 0 Å². The molecule has 2 aromatic heterocycles. The summed E-state index contributed by atoms with van der Waals surface area (Å²) in [6.07, 6.45) is 3.82. The van der Waals surface area contributed by atoms with Gasteiger partial charge in [-0.2, -0.15) is 0 Å². The summed E-state index contributed by atoms with van der Waals surface area (Å²) in [4.78, 5) is 30.7. The van der Waals surface area contributed by atoms with Gasteiger partial charge in [-0.15, -0.1) is 0 Å². The molecule has 0 radical (unpaired) electrons. The first-order chi connectivity index (χ1) is 12.0. The van der Waals surface area contributed by atoms with Crippen LogP contribution in [0.2, 0.25) is 10.0 Å². The summed E-state index contributed by atoms with van der Waals surface area (Å²) >= 11 is 11.7. The minimum atomic E-state index is -0.781. The first-order valence-corrected chi connectivity index (χ1v) is 8.25. The van der Waals surface area contributed by atoms with Gasteiger partial charge in [-0.25, -0.2) is 4.98 Å². The van der Waals surface area contributed by atoms with Crippen LogP contribution in [0.1, 0.15) is 5.56 Å². The number of anilines is 1. The monoisotopic (exact) mass is 376 g/mol. The van der Waals surface area contributed by atoms with E-state index in [-0.39, 0.29) is 5.82 Å². The van der Waals surface area contributed by atoms with Crippen molar-refractivity contribution in [2.24, 2.45) is 0 Å². The molecule has 1 aromatic carbocycles. The zero-order valence-corrected chi connectivity index (χ0v) is 14.5. The third kappa shape index (κ3) is 4.29. The third-order valence-electron chi connectivity index (χ3n) is 3.58. The summed E-state index contributed by atoms with van der Waals surface area (Å²) < 4.78 is 0. The molecular weight excluding hydrogens is 363 g/mol. The quantitative estimate of drug-likeness (QED) is 0.611. The van der Waals surface area contributed by atoms with E-state index in [1.54, 1.807) is 12.1 Å². The second-order valence-corrected chi connectivity index (χ2v) is 6.20. The van der Waals surface area contributed by atoms with Crippen molar-refractivity contribution >= 4 is 51.7 Å². The fourth-order valence-corrected chi connectivity index (χ4v) is 2.66. The largest absolute Gasteiger partial charge is 0.361 e. The Bertz CT molecular complexity index is 922. The molecular formula is C17H14Cl2N4O2. The van der Waals surface area contributed by atoms with Crippen molar-refractivity contribution < 1.29 is 9.59 Å². The number of rotatable bonds is 4. The van der Waals surface area contributed by atoms with E-state index in [1.807, 2.05) is 18.3 Å². The summed E-state index contributed by atoms with van der Waals surface area (Å²) in [5.41, 5.74) is 1.98. The van der Waals surface area contributed by atoms with E-state index < -0.39 is 11.8 Å². The van der Waals surface area contributed by atoms with Crippen LogP contribution in [0, 0.1) is 0 Å². The fourth-order valence-electron chi connectivity index (χ4n) is 2.37. The third-order valence-corrected chi connectivity index (χ3v) is 4.04. The average molecular weight is 377 g/mol. The minimum absolute atomic E-state index is 0.260. The number of nitrogens with zero attached hydrogens (tertiary/aromatic N) is 1. The van der Waals surface area contributed by atoms with Crippen molar-refractivity contribution in [2.75, 3.05) is 11.9 Å². The Labute approximate surface area is 153 Å². The van der Waals surface area contributed by atoms with Gasteiger partial charge < -0.3 is 15.6 Å². The second kappa shape index (κ2) is 7.55. The number of halogens is 2. The zero-order chi connectivity index (χ0) is 17.8. The molecule has 0 aliphatic heterocycles. The molecule has 3 aromatic rings. The summed E-state index contributed by atoms with van der Waals surface area (Å²) in [5.74, 6) is -1.25. The van der Waals surface area contributed by atoms with Crippen molar-refractivity contribution in [2.45, 2.75) is 6.42 Å². The van der Waals surface area contributed by atoms with E-state index in [4.69, 9.17) is 23.2 Å². The normalized spacial score (nSPS) is 10.6. The maximum absolute atomic E-state index is 11.9. The van der Waals surface area contributed by atoms with E-state index in [9.17, 15) is 9.59 Å². The van der Waals surface area contributed by atoms with E-state index in [1.165, 1.54) is 12.3 Å². The molecule has 0 spiro atoms. The molecule has 2 heterocycles. The molecule has 2 amide bonds. The average Bonchev–Trinajstić information content (AvgIpc) is 2.99. The predicted octanol–water partition coefficient (Wildman–Crippen LogP) is 3.17. The van der Waals surface area contributed by atoms with E-state index >= 15 is 0 Å². The van der Waals surface area contributed by atoms with Crippen LogP contribution in [0.5, 0.6) is 0 Å². The minimum Gasteiger partial charge on any atom is -0.361 e. The Morgan fingerprint density at radius 1 is 1.08 bits per heavy atom. The lowest BCUT2D eigenvalue weighted by atomic mass is 10.1. The topological polar surface area (TPSA) is 86.9 Å². The number of carbonyl (C=O) groups is 2. The number of hydrogen-bond donors (Lipinski definition) is 3. The van der Waals surface area contributed by atoms with Gasteiger partial charge in [-0.05, 0) is 42.3 Å². The Kier molecular flexibility index (Phi) is 5.21. The van der Waals surface area contributed by atoms with Crippen LogP contribution >= 0.6 is 23.2 Å². The lowest BCUT2D eigenvalue weighted by Gasteiger charge is -2.06. The highest BCUT2D eigenvalue weighted by Crippen LogP contribution is 2.22. The number of amides is 2. The molecule has 0 aliphatic carbocycles. The summed E-state index contributed by atoms with van der Waals surface area (Å²) in [7, 11) is 0. The van der Waals surface area contributed by atoms with Crippen molar-refractivity contribution in [1.82, 2.24) is 15.3 Å². The number of aromatic nitrogens is 2. The summed E-state index contributed by atoms with van der Waals surface area (Å²) in [6.45, 7) is 0.319. The number of pyridine rings is 1. The van der Waals surface area contributed by atoms with Crippen LogP contribution in [0.25, 0.3) is 10.9 Å².